The first-order chi connectivity index (χ1) is 12.0. The Labute approximate surface area is 147 Å². The topological polar surface area (TPSA) is 60.3 Å². The van der Waals surface area contributed by atoms with E-state index in [1.807, 2.05) is 6.92 Å². The number of nitrogens with zero attached hydrogens (tertiary/aromatic N) is 1. The number of hydrogen-bond acceptors (Lipinski definition) is 4. The smallest absolute Gasteiger partial charge is 0.307 e. The van der Waals surface area contributed by atoms with Gasteiger partial charge in [0.1, 0.15) is 11.6 Å². The van der Waals surface area contributed by atoms with Crippen molar-refractivity contribution in [3.8, 4) is 5.75 Å². The number of thiazole rings is 1. The minimum Gasteiger partial charge on any atom is -0.481 e. The molecule has 1 amide bonds. The van der Waals surface area contributed by atoms with E-state index in [2.05, 4.69) is 5.32 Å². The maximum absolute atomic E-state index is 13.0. The van der Waals surface area contributed by atoms with Crippen molar-refractivity contribution in [2.75, 3.05) is 5.32 Å². The van der Waals surface area contributed by atoms with Crippen molar-refractivity contribution in [3.63, 3.8) is 0 Å². The molecule has 0 unspecified atom stereocenters. The van der Waals surface area contributed by atoms with Crippen molar-refractivity contribution < 1.29 is 13.9 Å². The molecule has 7 heteroatoms. The lowest BCUT2D eigenvalue weighted by molar-refractivity contribution is -0.122. The molecule has 0 radical (unpaired) electrons. The van der Waals surface area contributed by atoms with Gasteiger partial charge >= 0.3 is 4.87 Å². The van der Waals surface area contributed by atoms with Crippen LogP contribution in [0.1, 0.15) is 13.3 Å². The second-order valence-electron chi connectivity index (χ2n) is 5.57. The van der Waals surface area contributed by atoms with Crippen LogP contribution < -0.4 is 14.9 Å². The summed E-state index contributed by atoms with van der Waals surface area (Å²) in [6.45, 7) is 1.83. The van der Waals surface area contributed by atoms with Crippen LogP contribution in [0.5, 0.6) is 5.75 Å². The van der Waals surface area contributed by atoms with Crippen molar-refractivity contribution in [2.45, 2.75) is 19.4 Å². The van der Waals surface area contributed by atoms with E-state index in [4.69, 9.17) is 4.74 Å². The van der Waals surface area contributed by atoms with E-state index in [1.54, 1.807) is 29.8 Å². The number of carbonyl (C=O) groups is 1. The number of hydrogen-bond donors (Lipinski definition) is 1. The number of anilines is 1. The Morgan fingerprint density at radius 2 is 2.00 bits per heavy atom. The van der Waals surface area contributed by atoms with Gasteiger partial charge in [-0.1, -0.05) is 18.3 Å². The Morgan fingerprint density at radius 3 is 2.68 bits per heavy atom. The normalized spacial score (nSPS) is 12.1. The Hall–Kier alpha value is -2.67. The Bertz CT molecular complexity index is 963. The number of halogens is 1. The third-order valence-electron chi connectivity index (χ3n) is 3.82. The highest BCUT2D eigenvalue weighted by molar-refractivity contribution is 7.16. The highest BCUT2D eigenvalue weighted by atomic mass is 32.1. The average molecular weight is 360 g/mol. The van der Waals surface area contributed by atoms with Crippen LogP contribution in [0, 0.1) is 5.82 Å². The maximum atomic E-state index is 13.0. The SMILES string of the molecule is CC[C@@H](Oc1ccc(F)cc1)C(=O)Nc1ccc2c(c1)sc(=O)n2C. The minimum absolute atomic E-state index is 0.0513. The number of benzene rings is 2. The molecule has 3 aromatic rings. The summed E-state index contributed by atoms with van der Waals surface area (Å²) in [5, 5.41) is 2.80. The summed E-state index contributed by atoms with van der Waals surface area (Å²) in [5.41, 5.74) is 1.42. The van der Waals surface area contributed by atoms with Crippen LogP contribution in [0.15, 0.2) is 47.3 Å². The van der Waals surface area contributed by atoms with Gasteiger partial charge in [-0.15, -0.1) is 0 Å². The van der Waals surface area contributed by atoms with Gasteiger partial charge in [-0.25, -0.2) is 4.39 Å². The molecule has 0 aliphatic carbocycles. The van der Waals surface area contributed by atoms with Gasteiger partial charge in [0, 0.05) is 12.7 Å². The lowest BCUT2D eigenvalue weighted by Gasteiger charge is -2.17. The molecule has 0 spiro atoms. The Kier molecular flexibility index (Phi) is 4.85. The van der Waals surface area contributed by atoms with Crippen LogP contribution in [-0.2, 0) is 11.8 Å². The fourth-order valence-corrected chi connectivity index (χ4v) is 3.35. The molecular weight excluding hydrogens is 343 g/mol. The lowest BCUT2D eigenvalue weighted by atomic mass is 10.2. The first-order valence-electron chi connectivity index (χ1n) is 7.80. The molecule has 0 saturated carbocycles. The number of amides is 1. The second-order valence-corrected chi connectivity index (χ2v) is 6.56. The highest BCUT2D eigenvalue weighted by Crippen LogP contribution is 2.22. The zero-order chi connectivity index (χ0) is 18.0. The van der Waals surface area contributed by atoms with E-state index >= 15 is 0 Å². The molecule has 1 atom stereocenters. The van der Waals surface area contributed by atoms with Gasteiger partial charge in [-0.3, -0.25) is 9.59 Å². The molecule has 5 nitrogen and oxygen atoms in total. The van der Waals surface area contributed by atoms with E-state index in [9.17, 15) is 14.0 Å². The lowest BCUT2D eigenvalue weighted by Crippen LogP contribution is -2.32. The molecule has 0 aliphatic heterocycles. The van der Waals surface area contributed by atoms with E-state index < -0.39 is 6.10 Å². The zero-order valence-electron chi connectivity index (χ0n) is 13.8. The van der Waals surface area contributed by atoms with Crippen LogP contribution in [0.4, 0.5) is 10.1 Å². The summed E-state index contributed by atoms with van der Waals surface area (Å²) in [6.07, 6.45) is -0.236. The standard InChI is InChI=1S/C18H17FN2O3S/c1-3-15(24-13-7-4-11(19)5-8-13)17(22)20-12-6-9-14-16(10-12)25-18(23)21(14)2/h4-10,15H,3H2,1-2H3,(H,20,22)/t15-/m1/s1. The monoisotopic (exact) mass is 360 g/mol. The van der Waals surface area contributed by atoms with Crippen LogP contribution in [-0.4, -0.2) is 16.6 Å². The second kappa shape index (κ2) is 7.06. The van der Waals surface area contributed by atoms with Crippen molar-refractivity contribution in [1.29, 1.82) is 0 Å². The Morgan fingerprint density at radius 1 is 1.28 bits per heavy atom. The third kappa shape index (κ3) is 3.71. The molecule has 1 N–H and O–H groups in total. The summed E-state index contributed by atoms with van der Waals surface area (Å²) in [7, 11) is 1.71. The average Bonchev–Trinajstić information content (AvgIpc) is 2.88. The van der Waals surface area contributed by atoms with Crippen LogP contribution in [0.25, 0.3) is 10.2 Å². The van der Waals surface area contributed by atoms with Crippen molar-refractivity contribution in [2.24, 2.45) is 7.05 Å². The number of nitrogens with one attached hydrogen (secondary N) is 1. The molecule has 0 aliphatic rings. The summed E-state index contributed by atoms with van der Waals surface area (Å²) in [6, 6.07) is 10.8. The quantitative estimate of drug-likeness (QED) is 0.757. The fraction of sp³-hybridized carbons (Fsp3) is 0.222. The summed E-state index contributed by atoms with van der Waals surface area (Å²) in [4.78, 5) is 24.1. The first-order valence-corrected chi connectivity index (χ1v) is 8.62. The molecule has 130 valence electrons. The molecule has 1 heterocycles. The Balaban J connectivity index is 1.75. The third-order valence-corrected chi connectivity index (χ3v) is 4.81. The number of ether oxygens (including phenoxy) is 1. The molecule has 0 fully saturated rings. The van der Waals surface area contributed by atoms with Gasteiger partial charge in [0.25, 0.3) is 5.91 Å². The summed E-state index contributed by atoms with van der Waals surface area (Å²) in [5.74, 6) is -0.227. The van der Waals surface area contributed by atoms with E-state index in [0.29, 0.717) is 17.9 Å². The molecule has 3 rings (SSSR count). The van der Waals surface area contributed by atoms with E-state index in [0.717, 1.165) is 21.6 Å². The number of aromatic nitrogens is 1. The van der Waals surface area contributed by atoms with Crippen LogP contribution in [0.2, 0.25) is 0 Å². The van der Waals surface area contributed by atoms with Crippen LogP contribution >= 0.6 is 11.3 Å². The number of carbonyl (C=O) groups excluding carboxylic acids is 1. The first kappa shape index (κ1) is 17.2. The summed E-state index contributed by atoms with van der Waals surface area (Å²) < 4.78 is 21.0. The minimum atomic E-state index is -0.698. The largest absolute Gasteiger partial charge is 0.481 e. The molecule has 0 bridgehead atoms. The number of aryl methyl sites for hydroxylation is 1. The number of rotatable bonds is 5. The predicted molar refractivity (Wildman–Crippen MR) is 96.8 cm³/mol. The van der Waals surface area contributed by atoms with Gasteiger partial charge < -0.3 is 14.6 Å². The molecular formula is C18H17FN2O3S. The van der Waals surface area contributed by atoms with Crippen molar-refractivity contribution >= 4 is 33.1 Å². The summed E-state index contributed by atoms with van der Waals surface area (Å²) >= 11 is 1.13. The molecule has 2 aromatic carbocycles. The molecule has 25 heavy (non-hydrogen) atoms. The molecule has 0 saturated heterocycles. The maximum Gasteiger partial charge on any atom is 0.307 e. The molecule has 1 aromatic heterocycles. The van der Waals surface area contributed by atoms with Gasteiger partial charge in [0.2, 0.25) is 0 Å². The predicted octanol–water partition coefficient (Wildman–Crippen LogP) is 3.54. The van der Waals surface area contributed by atoms with E-state index in [-0.39, 0.29) is 16.6 Å². The van der Waals surface area contributed by atoms with Gasteiger partial charge in [0.15, 0.2) is 6.10 Å². The van der Waals surface area contributed by atoms with Crippen molar-refractivity contribution in [1.82, 2.24) is 4.57 Å². The van der Waals surface area contributed by atoms with Crippen molar-refractivity contribution in [3.05, 3.63) is 57.9 Å². The fourth-order valence-electron chi connectivity index (χ4n) is 2.43. The highest BCUT2D eigenvalue weighted by Gasteiger charge is 2.19. The van der Waals surface area contributed by atoms with Gasteiger partial charge in [-0.2, -0.15) is 0 Å². The number of fused-ring (bicyclic) bond motifs is 1. The van der Waals surface area contributed by atoms with E-state index in [1.165, 1.54) is 24.3 Å². The zero-order valence-corrected chi connectivity index (χ0v) is 14.6. The van der Waals surface area contributed by atoms with Crippen LogP contribution in [0.3, 0.4) is 0 Å². The van der Waals surface area contributed by atoms with Gasteiger partial charge in [0.05, 0.1) is 10.2 Å². The van der Waals surface area contributed by atoms with Gasteiger partial charge in [-0.05, 0) is 48.9 Å².